The van der Waals surface area contributed by atoms with E-state index in [2.05, 4.69) is 46.1 Å². The fourth-order valence-electron chi connectivity index (χ4n) is 1.19. The second-order valence-electron chi connectivity index (χ2n) is 3.90. The normalized spacial score (nSPS) is 12.4. The minimum Gasteiger partial charge on any atom is -0.382 e. The molecule has 0 fully saturated rings. The highest BCUT2D eigenvalue weighted by atomic mass is 28.3. The van der Waals surface area contributed by atoms with Gasteiger partial charge in [0, 0.05) is 12.2 Å². The molecule has 4 heteroatoms. The highest BCUT2D eigenvalue weighted by Crippen LogP contribution is 2.05. The predicted molar refractivity (Wildman–Crippen MR) is 62.5 cm³/mol. The Bertz CT molecular complexity index is 128. The summed E-state index contributed by atoms with van der Waals surface area (Å²) in [5.41, 5.74) is 0. The molecule has 0 spiro atoms. The minimum atomic E-state index is -1.63. The van der Waals surface area contributed by atoms with E-state index in [-0.39, 0.29) is 12.2 Å². The molecule has 0 saturated carbocycles. The average Bonchev–Trinajstić information content (AvgIpc) is 2.03. The fourth-order valence-corrected chi connectivity index (χ4v) is 3.13. The van der Waals surface area contributed by atoms with Gasteiger partial charge in [-0.3, -0.25) is 4.57 Å². The van der Waals surface area contributed by atoms with Crippen molar-refractivity contribution in [1.82, 2.24) is 4.57 Å². The molecule has 0 saturated heterocycles. The van der Waals surface area contributed by atoms with Crippen molar-refractivity contribution in [2.24, 2.45) is 0 Å². The Morgan fingerprint density at radius 3 is 1.50 bits per heavy atom. The van der Waals surface area contributed by atoms with Crippen molar-refractivity contribution in [2.75, 3.05) is 13.1 Å². The number of nitrogens with zero attached hydrogens (tertiary/aromatic N) is 1. The molecule has 0 aliphatic heterocycles. The first-order chi connectivity index (χ1) is 6.51. The van der Waals surface area contributed by atoms with Gasteiger partial charge >= 0.3 is 9.45 Å². The molecule has 86 valence electrons. The van der Waals surface area contributed by atoms with E-state index in [1.807, 2.05) is 0 Å². The molecule has 3 nitrogen and oxygen atoms in total. The zero-order valence-electron chi connectivity index (χ0n) is 10.4. The molecule has 0 aliphatic carbocycles. The van der Waals surface area contributed by atoms with Crippen molar-refractivity contribution in [3.8, 4) is 0 Å². The van der Waals surface area contributed by atoms with Crippen LogP contribution in [0.25, 0.3) is 0 Å². The van der Waals surface area contributed by atoms with Gasteiger partial charge in [-0.2, -0.15) is 0 Å². The Hall–Kier alpha value is 0.0969. The van der Waals surface area contributed by atoms with Crippen molar-refractivity contribution in [2.45, 2.75) is 53.8 Å². The number of hydrogen-bond acceptors (Lipinski definition) is 3. The van der Waals surface area contributed by atoms with E-state index in [0.717, 1.165) is 13.1 Å². The molecule has 0 atom stereocenters. The quantitative estimate of drug-likeness (QED) is 0.610. The first kappa shape index (κ1) is 14.1. The van der Waals surface area contributed by atoms with Gasteiger partial charge in [-0.15, -0.1) is 0 Å². The lowest BCUT2D eigenvalue weighted by Gasteiger charge is -2.30. The second-order valence-corrected chi connectivity index (χ2v) is 5.79. The van der Waals surface area contributed by atoms with E-state index in [1.165, 1.54) is 0 Å². The van der Waals surface area contributed by atoms with Gasteiger partial charge in [0.2, 0.25) is 0 Å². The molecule has 0 radical (unpaired) electrons. The second kappa shape index (κ2) is 7.40. The van der Waals surface area contributed by atoms with Gasteiger partial charge in [-0.05, 0) is 40.8 Å². The fraction of sp³-hybridized carbons (Fsp3) is 1.00. The number of hydrogen-bond donors (Lipinski definition) is 0. The summed E-state index contributed by atoms with van der Waals surface area (Å²) in [6.45, 7) is 14.6. The van der Waals surface area contributed by atoms with Gasteiger partial charge in [0.25, 0.3) is 0 Å². The molecule has 0 bridgehead atoms. The van der Waals surface area contributed by atoms with Gasteiger partial charge in [0.05, 0.1) is 0 Å². The largest absolute Gasteiger partial charge is 0.411 e. The van der Waals surface area contributed by atoms with Crippen LogP contribution < -0.4 is 0 Å². The average molecular weight is 219 g/mol. The van der Waals surface area contributed by atoms with Crippen LogP contribution in [0, 0.1) is 0 Å². The van der Waals surface area contributed by atoms with Gasteiger partial charge in [-0.1, -0.05) is 13.8 Å². The summed E-state index contributed by atoms with van der Waals surface area (Å²) in [6.07, 6.45) is 0.511. The van der Waals surface area contributed by atoms with E-state index >= 15 is 0 Å². The van der Waals surface area contributed by atoms with Gasteiger partial charge < -0.3 is 8.85 Å². The first-order valence-electron chi connectivity index (χ1n) is 5.56. The lowest BCUT2D eigenvalue weighted by Crippen LogP contribution is -2.46. The van der Waals surface area contributed by atoms with Crippen LogP contribution in [0.3, 0.4) is 0 Å². The summed E-state index contributed by atoms with van der Waals surface area (Å²) in [5, 5.41) is 0. The maximum atomic E-state index is 5.85. The highest BCUT2D eigenvalue weighted by Gasteiger charge is 2.23. The molecule has 0 heterocycles. The summed E-state index contributed by atoms with van der Waals surface area (Å²) in [4.78, 5) is 0. The summed E-state index contributed by atoms with van der Waals surface area (Å²) < 4.78 is 14.0. The molecule has 0 aromatic carbocycles. The first-order valence-corrected chi connectivity index (χ1v) is 7.02. The Labute approximate surface area is 90.3 Å². The standard InChI is InChI=1S/C10H25NO2Si/c1-7-11(8-2)14(12-9(3)4)13-10(5)6/h9-10,14H,7-8H2,1-6H3. The lowest BCUT2D eigenvalue weighted by atomic mass is 10.5. The SMILES string of the molecule is CCN(CC)[SiH](OC(C)C)OC(C)C. The van der Waals surface area contributed by atoms with Crippen LogP contribution in [0.15, 0.2) is 0 Å². The predicted octanol–water partition coefficient (Wildman–Crippen LogP) is 1.90. The van der Waals surface area contributed by atoms with Crippen molar-refractivity contribution in [1.29, 1.82) is 0 Å². The van der Waals surface area contributed by atoms with Crippen LogP contribution in [0.4, 0.5) is 0 Å². The Morgan fingerprint density at radius 2 is 1.29 bits per heavy atom. The van der Waals surface area contributed by atoms with Crippen LogP contribution in [-0.2, 0) is 8.85 Å². The van der Waals surface area contributed by atoms with Gasteiger partial charge in [-0.25, -0.2) is 0 Å². The molecule has 0 amide bonds. The summed E-state index contributed by atoms with van der Waals surface area (Å²) in [7, 11) is -1.63. The van der Waals surface area contributed by atoms with Crippen LogP contribution in [0.2, 0.25) is 0 Å². The summed E-state index contributed by atoms with van der Waals surface area (Å²) in [6, 6.07) is 0. The molecule has 14 heavy (non-hydrogen) atoms. The number of rotatable bonds is 7. The molecule has 0 aliphatic rings. The van der Waals surface area contributed by atoms with Crippen molar-refractivity contribution < 1.29 is 8.85 Å². The van der Waals surface area contributed by atoms with Crippen molar-refractivity contribution in [3.05, 3.63) is 0 Å². The summed E-state index contributed by atoms with van der Waals surface area (Å²) in [5.74, 6) is 0. The van der Waals surface area contributed by atoms with E-state index < -0.39 is 9.45 Å². The molecule has 0 unspecified atom stereocenters. The van der Waals surface area contributed by atoms with Gasteiger partial charge in [0.1, 0.15) is 0 Å². The monoisotopic (exact) mass is 219 g/mol. The lowest BCUT2D eigenvalue weighted by molar-refractivity contribution is 0.0908. The Kier molecular flexibility index (Phi) is 7.45. The third kappa shape index (κ3) is 5.75. The van der Waals surface area contributed by atoms with Crippen LogP contribution in [0.5, 0.6) is 0 Å². The topological polar surface area (TPSA) is 21.7 Å². The van der Waals surface area contributed by atoms with E-state index in [9.17, 15) is 0 Å². The maximum Gasteiger partial charge on any atom is 0.411 e. The van der Waals surface area contributed by atoms with E-state index in [0.29, 0.717) is 0 Å². The molecular formula is C10H25NO2Si. The van der Waals surface area contributed by atoms with Crippen LogP contribution in [0.1, 0.15) is 41.5 Å². The highest BCUT2D eigenvalue weighted by molar-refractivity contribution is 6.41. The van der Waals surface area contributed by atoms with Crippen molar-refractivity contribution in [3.63, 3.8) is 0 Å². The molecule has 0 N–H and O–H groups in total. The molecule has 0 aromatic heterocycles. The maximum absolute atomic E-state index is 5.85. The molecule has 0 aromatic rings. The third-order valence-corrected chi connectivity index (χ3v) is 4.77. The van der Waals surface area contributed by atoms with Crippen LogP contribution in [-0.4, -0.2) is 39.3 Å². The van der Waals surface area contributed by atoms with Gasteiger partial charge in [0.15, 0.2) is 0 Å². The minimum absolute atomic E-state index is 0.256. The van der Waals surface area contributed by atoms with Crippen LogP contribution >= 0.6 is 0 Å². The third-order valence-electron chi connectivity index (χ3n) is 1.89. The van der Waals surface area contributed by atoms with E-state index in [1.54, 1.807) is 0 Å². The zero-order chi connectivity index (χ0) is 11.1. The van der Waals surface area contributed by atoms with E-state index in [4.69, 9.17) is 8.85 Å². The zero-order valence-corrected chi connectivity index (χ0v) is 11.6. The Balaban J connectivity index is 4.20. The molecular weight excluding hydrogens is 194 g/mol. The Morgan fingerprint density at radius 1 is 0.929 bits per heavy atom. The van der Waals surface area contributed by atoms with Crippen molar-refractivity contribution >= 4 is 9.45 Å². The molecule has 0 rings (SSSR count). The summed E-state index contributed by atoms with van der Waals surface area (Å²) >= 11 is 0. The smallest absolute Gasteiger partial charge is 0.382 e.